The van der Waals surface area contributed by atoms with E-state index in [1.165, 1.54) is 0 Å². The Morgan fingerprint density at radius 3 is 2.43 bits per heavy atom. The normalized spacial score (nSPS) is 15.4. The predicted molar refractivity (Wildman–Crippen MR) is 110 cm³/mol. The number of carbonyl (C=O) groups is 1. The molecule has 5 nitrogen and oxygen atoms in total. The molecular weight excluding hydrogens is 350 g/mol. The minimum atomic E-state index is -0.105. The van der Waals surface area contributed by atoms with Crippen molar-refractivity contribution in [1.82, 2.24) is 14.9 Å². The molecule has 0 radical (unpaired) electrons. The number of aromatic nitrogens is 2. The number of aromatic amines is 1. The number of imidazole rings is 1. The highest BCUT2D eigenvalue weighted by Crippen LogP contribution is 2.31. The maximum Gasteiger partial charge on any atom is 0.257 e. The van der Waals surface area contributed by atoms with Gasteiger partial charge in [0, 0.05) is 19.0 Å². The van der Waals surface area contributed by atoms with Gasteiger partial charge in [-0.25, -0.2) is 4.98 Å². The lowest BCUT2D eigenvalue weighted by atomic mass is 9.95. The Bertz CT molecular complexity index is 1140. The lowest BCUT2D eigenvalue weighted by molar-refractivity contribution is 0.0708. The number of aromatic hydroxyl groups is 1. The Morgan fingerprint density at radius 2 is 1.68 bits per heavy atom. The second kappa shape index (κ2) is 6.68. The van der Waals surface area contributed by atoms with Gasteiger partial charge in [-0.05, 0) is 47.9 Å². The molecule has 5 rings (SSSR count). The highest BCUT2D eigenvalue weighted by Gasteiger charge is 2.27. The van der Waals surface area contributed by atoms with Crippen molar-refractivity contribution in [3.63, 3.8) is 0 Å². The first-order valence-electron chi connectivity index (χ1n) is 9.65. The van der Waals surface area contributed by atoms with Gasteiger partial charge < -0.3 is 15.0 Å². The van der Waals surface area contributed by atoms with E-state index in [0.717, 1.165) is 40.5 Å². The van der Waals surface area contributed by atoms with Crippen LogP contribution in [0.15, 0.2) is 60.7 Å². The minimum absolute atomic E-state index is 0.0445. The van der Waals surface area contributed by atoms with Gasteiger partial charge in [-0.15, -0.1) is 0 Å². The first-order chi connectivity index (χ1) is 13.7. The third-order valence-corrected chi connectivity index (χ3v) is 5.67. The third-order valence-electron chi connectivity index (χ3n) is 5.67. The zero-order valence-corrected chi connectivity index (χ0v) is 15.4. The van der Waals surface area contributed by atoms with Crippen molar-refractivity contribution in [3.05, 3.63) is 72.1 Å². The number of rotatable bonds is 2. The molecule has 2 heterocycles. The van der Waals surface area contributed by atoms with Gasteiger partial charge in [0.25, 0.3) is 5.91 Å². The summed E-state index contributed by atoms with van der Waals surface area (Å²) in [5, 5.41) is 12.2. The van der Waals surface area contributed by atoms with E-state index in [1.807, 2.05) is 53.4 Å². The molecule has 5 heteroatoms. The number of piperidine rings is 1. The number of H-pyrrole nitrogens is 1. The Kier molecular flexibility index (Phi) is 4.01. The molecule has 0 spiro atoms. The second-order valence-corrected chi connectivity index (χ2v) is 7.42. The zero-order chi connectivity index (χ0) is 19.1. The molecule has 1 fully saturated rings. The van der Waals surface area contributed by atoms with E-state index in [0.29, 0.717) is 24.6 Å². The molecule has 140 valence electrons. The number of nitrogens with one attached hydrogen (secondary N) is 1. The van der Waals surface area contributed by atoms with Gasteiger partial charge in [-0.1, -0.05) is 36.4 Å². The first kappa shape index (κ1) is 16.8. The highest BCUT2D eigenvalue weighted by molar-refractivity contribution is 6.01. The number of carbonyl (C=O) groups excluding carboxylic acids is 1. The molecule has 28 heavy (non-hydrogen) atoms. The summed E-state index contributed by atoms with van der Waals surface area (Å²) < 4.78 is 0. The average molecular weight is 371 g/mol. The largest absolute Gasteiger partial charge is 0.507 e. The quantitative estimate of drug-likeness (QED) is 0.547. The molecule has 0 aliphatic carbocycles. The summed E-state index contributed by atoms with van der Waals surface area (Å²) in [4.78, 5) is 23.0. The smallest absolute Gasteiger partial charge is 0.257 e. The van der Waals surface area contributed by atoms with Crippen molar-refractivity contribution in [3.8, 4) is 5.75 Å². The molecule has 0 saturated carbocycles. The van der Waals surface area contributed by atoms with E-state index in [1.54, 1.807) is 12.1 Å². The first-order valence-corrected chi connectivity index (χ1v) is 9.65. The van der Waals surface area contributed by atoms with E-state index in [2.05, 4.69) is 4.98 Å². The molecule has 1 saturated heterocycles. The van der Waals surface area contributed by atoms with Crippen molar-refractivity contribution in [2.24, 2.45) is 0 Å². The lowest BCUT2D eigenvalue weighted by Gasteiger charge is -2.31. The minimum Gasteiger partial charge on any atom is -0.507 e. The van der Waals surface area contributed by atoms with Crippen LogP contribution in [0.2, 0.25) is 0 Å². The van der Waals surface area contributed by atoms with E-state index >= 15 is 0 Å². The van der Waals surface area contributed by atoms with Gasteiger partial charge in [0.05, 0.1) is 16.6 Å². The van der Waals surface area contributed by atoms with Crippen LogP contribution in [-0.2, 0) is 0 Å². The van der Waals surface area contributed by atoms with Gasteiger partial charge in [-0.3, -0.25) is 4.79 Å². The molecule has 0 atom stereocenters. The SMILES string of the molecule is O=C(c1cc2ccccc2cc1O)N1CCC(c2nc3ccccc3[nH]2)CC1. The number of phenols is 1. The number of para-hydroxylation sites is 2. The van der Waals surface area contributed by atoms with Crippen molar-refractivity contribution < 1.29 is 9.90 Å². The van der Waals surface area contributed by atoms with Gasteiger partial charge in [-0.2, -0.15) is 0 Å². The number of fused-ring (bicyclic) bond motifs is 2. The molecule has 2 N–H and O–H groups in total. The summed E-state index contributed by atoms with van der Waals surface area (Å²) in [6.45, 7) is 1.32. The number of benzene rings is 3. The lowest BCUT2D eigenvalue weighted by Crippen LogP contribution is -2.38. The number of nitrogens with zero attached hydrogens (tertiary/aromatic N) is 2. The Morgan fingerprint density at radius 1 is 1.00 bits per heavy atom. The van der Waals surface area contributed by atoms with Crippen molar-refractivity contribution in [1.29, 1.82) is 0 Å². The van der Waals surface area contributed by atoms with Crippen LogP contribution in [0.5, 0.6) is 5.75 Å². The van der Waals surface area contributed by atoms with Gasteiger partial charge >= 0.3 is 0 Å². The number of hydrogen-bond acceptors (Lipinski definition) is 3. The number of hydrogen-bond donors (Lipinski definition) is 2. The topological polar surface area (TPSA) is 69.2 Å². The zero-order valence-electron chi connectivity index (χ0n) is 15.4. The molecule has 1 aromatic heterocycles. The van der Waals surface area contributed by atoms with Crippen LogP contribution in [0, 0.1) is 0 Å². The maximum absolute atomic E-state index is 13.0. The summed E-state index contributed by atoms with van der Waals surface area (Å²) in [5.41, 5.74) is 2.41. The van der Waals surface area contributed by atoms with Gasteiger partial charge in [0.1, 0.15) is 11.6 Å². The monoisotopic (exact) mass is 371 g/mol. The Balaban J connectivity index is 1.33. The van der Waals surface area contributed by atoms with Crippen molar-refractivity contribution in [2.75, 3.05) is 13.1 Å². The van der Waals surface area contributed by atoms with E-state index in [9.17, 15) is 9.90 Å². The van der Waals surface area contributed by atoms with Gasteiger partial charge in [0.2, 0.25) is 0 Å². The summed E-state index contributed by atoms with van der Waals surface area (Å²) in [6, 6.07) is 19.2. The second-order valence-electron chi connectivity index (χ2n) is 7.42. The molecule has 1 amide bonds. The molecular formula is C23H21N3O2. The molecule has 0 bridgehead atoms. The summed E-state index contributed by atoms with van der Waals surface area (Å²) in [6.07, 6.45) is 1.72. The van der Waals surface area contributed by atoms with Crippen LogP contribution in [0.4, 0.5) is 0 Å². The average Bonchev–Trinajstić information content (AvgIpc) is 3.17. The van der Waals surface area contributed by atoms with E-state index in [4.69, 9.17) is 4.98 Å². The summed E-state index contributed by atoms with van der Waals surface area (Å²) in [7, 11) is 0. The predicted octanol–water partition coefficient (Wildman–Crippen LogP) is 4.44. The van der Waals surface area contributed by atoms with Gasteiger partial charge in [0.15, 0.2) is 0 Å². The fourth-order valence-corrected chi connectivity index (χ4v) is 4.09. The van der Waals surface area contributed by atoms with E-state index < -0.39 is 0 Å². The molecule has 1 aliphatic rings. The fraction of sp³-hybridized carbons (Fsp3) is 0.217. The summed E-state index contributed by atoms with van der Waals surface area (Å²) in [5.74, 6) is 1.26. The number of phenolic OH excluding ortho intramolecular Hbond substituents is 1. The number of amides is 1. The van der Waals surface area contributed by atoms with E-state index in [-0.39, 0.29) is 11.7 Å². The fourth-order valence-electron chi connectivity index (χ4n) is 4.09. The Labute approximate surface area is 162 Å². The van der Waals surface area contributed by atoms with Crippen LogP contribution in [0.1, 0.15) is 34.9 Å². The third kappa shape index (κ3) is 2.89. The van der Waals surface area contributed by atoms with Crippen LogP contribution < -0.4 is 0 Å². The maximum atomic E-state index is 13.0. The molecule has 3 aromatic carbocycles. The van der Waals surface area contributed by atoms with Crippen LogP contribution in [-0.4, -0.2) is 39.0 Å². The Hall–Kier alpha value is -3.34. The highest BCUT2D eigenvalue weighted by atomic mass is 16.3. The molecule has 1 aliphatic heterocycles. The van der Waals surface area contributed by atoms with Crippen molar-refractivity contribution >= 4 is 27.7 Å². The molecule has 0 unspecified atom stereocenters. The number of likely N-dealkylation sites (tertiary alicyclic amines) is 1. The summed E-state index contributed by atoms with van der Waals surface area (Å²) >= 11 is 0. The van der Waals surface area contributed by atoms with Crippen LogP contribution in [0.25, 0.3) is 21.8 Å². The van der Waals surface area contributed by atoms with Crippen LogP contribution in [0.3, 0.4) is 0 Å². The van der Waals surface area contributed by atoms with Crippen LogP contribution >= 0.6 is 0 Å². The molecule has 4 aromatic rings. The standard InChI is InChI=1S/C23H21N3O2/c27-21-14-17-6-2-1-5-16(17)13-18(21)23(28)26-11-9-15(10-12-26)22-24-19-7-3-4-8-20(19)25-22/h1-8,13-15,27H,9-12H2,(H,24,25). The van der Waals surface area contributed by atoms with Crippen molar-refractivity contribution in [2.45, 2.75) is 18.8 Å².